The van der Waals surface area contributed by atoms with Crippen LogP contribution >= 0.6 is 27.5 Å². The van der Waals surface area contributed by atoms with E-state index in [1.54, 1.807) is 12.1 Å². The molecule has 2 N–H and O–H groups in total. The zero-order valence-electron chi connectivity index (χ0n) is 9.56. The van der Waals surface area contributed by atoms with Gasteiger partial charge in [0, 0.05) is 5.88 Å². The largest absolute Gasteiger partial charge is 0.479 e. The van der Waals surface area contributed by atoms with Crippen LogP contribution in [-0.2, 0) is 15.5 Å². The molecule has 6 heteroatoms. The number of aliphatic hydroxyl groups is 1. The molecule has 0 fully saturated rings. The summed E-state index contributed by atoms with van der Waals surface area (Å²) in [6.07, 6.45) is -1.61. The van der Waals surface area contributed by atoms with Crippen molar-refractivity contribution in [3.05, 3.63) is 34.9 Å². The Hall–Kier alpha value is -0.910. The number of hydrogen-bond acceptors (Lipinski definition) is 3. The van der Waals surface area contributed by atoms with Gasteiger partial charge in [-0.3, -0.25) is 4.79 Å². The van der Waals surface area contributed by atoms with Crippen LogP contribution in [0, 0.1) is 0 Å². The number of aliphatic hydroxyl groups excluding tert-OH is 1. The summed E-state index contributed by atoms with van der Waals surface area (Å²) in [5, 5.41) is 18.3. The molecule has 0 radical (unpaired) electrons. The van der Waals surface area contributed by atoms with E-state index < -0.39 is 16.9 Å². The molecular formula is C12H12BrClO4. The van der Waals surface area contributed by atoms with Crippen LogP contribution < -0.4 is 0 Å². The van der Waals surface area contributed by atoms with Crippen molar-refractivity contribution in [1.29, 1.82) is 0 Å². The topological polar surface area (TPSA) is 74.6 Å². The number of Topliss-reactive ketones (excluding diaryl/α,β-unsaturated/α-hetero) is 1. The maximum atomic E-state index is 11.2. The fourth-order valence-electron chi connectivity index (χ4n) is 1.53. The van der Waals surface area contributed by atoms with Crippen molar-refractivity contribution in [2.45, 2.75) is 23.7 Å². The number of carboxylic acids is 1. The quantitative estimate of drug-likeness (QED) is 0.811. The van der Waals surface area contributed by atoms with Gasteiger partial charge < -0.3 is 10.2 Å². The first-order chi connectivity index (χ1) is 8.38. The number of ketones is 1. The Bertz CT molecular complexity index is 475. The van der Waals surface area contributed by atoms with Gasteiger partial charge in [0.05, 0.1) is 4.83 Å². The van der Waals surface area contributed by atoms with Gasteiger partial charge in [0.25, 0.3) is 0 Å². The molecule has 0 bridgehead atoms. The lowest BCUT2D eigenvalue weighted by atomic mass is 9.98. The molecule has 0 aliphatic carbocycles. The molecule has 0 saturated carbocycles. The maximum Gasteiger partial charge on any atom is 0.337 e. The number of aliphatic carboxylic acids is 1. The van der Waals surface area contributed by atoms with Gasteiger partial charge in [0.15, 0.2) is 6.10 Å². The summed E-state index contributed by atoms with van der Waals surface area (Å²) in [5.41, 5.74) is 1.42. The van der Waals surface area contributed by atoms with Gasteiger partial charge in [-0.15, -0.1) is 11.6 Å². The van der Waals surface area contributed by atoms with Crippen LogP contribution in [0.3, 0.4) is 0 Å². The van der Waals surface area contributed by atoms with Gasteiger partial charge in [-0.25, -0.2) is 4.79 Å². The van der Waals surface area contributed by atoms with Crippen molar-refractivity contribution in [3.8, 4) is 0 Å². The van der Waals surface area contributed by atoms with E-state index in [1.807, 2.05) is 0 Å². The Labute approximate surface area is 118 Å². The average molecular weight is 336 g/mol. The Kier molecular flexibility index (Phi) is 5.31. The molecule has 1 aromatic rings. The second kappa shape index (κ2) is 6.31. The lowest BCUT2D eigenvalue weighted by Gasteiger charge is -2.14. The summed E-state index contributed by atoms with van der Waals surface area (Å²) in [7, 11) is 0. The van der Waals surface area contributed by atoms with E-state index in [9.17, 15) is 14.7 Å². The Morgan fingerprint density at radius 1 is 1.44 bits per heavy atom. The molecule has 1 aromatic carbocycles. The zero-order valence-corrected chi connectivity index (χ0v) is 11.9. The zero-order chi connectivity index (χ0) is 13.9. The van der Waals surface area contributed by atoms with E-state index >= 15 is 0 Å². The number of carbonyl (C=O) groups is 2. The minimum atomic E-state index is -1.61. The fourth-order valence-corrected chi connectivity index (χ4v) is 2.05. The van der Waals surface area contributed by atoms with E-state index in [-0.39, 0.29) is 17.2 Å². The molecule has 2 atom stereocenters. The lowest BCUT2D eigenvalue weighted by molar-refractivity contribution is -0.147. The monoisotopic (exact) mass is 334 g/mol. The summed E-state index contributed by atoms with van der Waals surface area (Å²) >= 11 is 8.97. The minimum absolute atomic E-state index is 0.0607. The molecule has 2 unspecified atom stereocenters. The van der Waals surface area contributed by atoms with E-state index in [4.69, 9.17) is 16.7 Å². The normalized spacial score (nSPS) is 14.0. The Morgan fingerprint density at radius 2 is 2.06 bits per heavy atom. The van der Waals surface area contributed by atoms with Gasteiger partial charge in [0.2, 0.25) is 0 Å². The molecule has 98 valence electrons. The first kappa shape index (κ1) is 15.1. The van der Waals surface area contributed by atoms with Crippen LogP contribution in [0.5, 0.6) is 0 Å². The minimum Gasteiger partial charge on any atom is -0.479 e. The van der Waals surface area contributed by atoms with Crippen LogP contribution in [0.25, 0.3) is 0 Å². The van der Waals surface area contributed by atoms with Gasteiger partial charge in [0.1, 0.15) is 5.78 Å². The number of alkyl halides is 2. The molecule has 18 heavy (non-hydrogen) atoms. The van der Waals surface area contributed by atoms with Crippen LogP contribution in [0.2, 0.25) is 0 Å². The third kappa shape index (κ3) is 3.31. The first-order valence-corrected chi connectivity index (χ1v) is 6.57. The maximum absolute atomic E-state index is 11.2. The number of hydrogen-bond donors (Lipinski definition) is 2. The van der Waals surface area contributed by atoms with E-state index in [1.165, 1.54) is 13.0 Å². The lowest BCUT2D eigenvalue weighted by Crippen LogP contribution is -2.13. The first-order valence-electron chi connectivity index (χ1n) is 5.12. The highest BCUT2D eigenvalue weighted by molar-refractivity contribution is 9.09. The summed E-state index contributed by atoms with van der Waals surface area (Å²) in [6.45, 7) is 1.44. The van der Waals surface area contributed by atoms with Crippen molar-refractivity contribution in [3.63, 3.8) is 0 Å². The molecule has 0 aromatic heterocycles. The number of carboxylic acid groups (broad SMARTS) is 1. The van der Waals surface area contributed by atoms with Crippen molar-refractivity contribution in [2.75, 3.05) is 0 Å². The fraction of sp³-hybridized carbons (Fsp3) is 0.333. The molecule has 0 heterocycles. The molecular weight excluding hydrogens is 323 g/mol. The highest BCUT2D eigenvalue weighted by Gasteiger charge is 2.21. The van der Waals surface area contributed by atoms with Gasteiger partial charge in [-0.1, -0.05) is 34.1 Å². The number of benzene rings is 1. The van der Waals surface area contributed by atoms with Crippen LogP contribution in [0.15, 0.2) is 18.2 Å². The van der Waals surface area contributed by atoms with Gasteiger partial charge >= 0.3 is 5.97 Å². The summed E-state index contributed by atoms with van der Waals surface area (Å²) in [4.78, 5) is 21.5. The van der Waals surface area contributed by atoms with Crippen LogP contribution in [0.4, 0.5) is 0 Å². The summed E-state index contributed by atoms with van der Waals surface area (Å²) in [5.74, 6) is -1.34. The SMILES string of the molecule is CC(=O)C(Br)c1ccc(C(O)C(=O)O)c(CCl)c1. The van der Waals surface area contributed by atoms with Crippen molar-refractivity contribution >= 4 is 39.3 Å². The molecule has 0 saturated heterocycles. The molecule has 0 aliphatic heterocycles. The number of halogens is 2. The van der Waals surface area contributed by atoms with Crippen molar-refractivity contribution < 1.29 is 19.8 Å². The van der Waals surface area contributed by atoms with Crippen molar-refractivity contribution in [2.24, 2.45) is 0 Å². The predicted molar refractivity (Wildman–Crippen MR) is 70.9 cm³/mol. The summed E-state index contributed by atoms with van der Waals surface area (Å²) in [6, 6.07) is 4.69. The third-order valence-electron chi connectivity index (χ3n) is 2.49. The number of carbonyl (C=O) groups excluding carboxylic acids is 1. The highest BCUT2D eigenvalue weighted by Crippen LogP contribution is 2.28. The predicted octanol–water partition coefficient (Wildman–Crippen LogP) is 2.57. The molecule has 0 amide bonds. The average Bonchev–Trinajstić information content (AvgIpc) is 2.35. The van der Waals surface area contributed by atoms with Gasteiger partial charge in [-0.05, 0) is 23.6 Å². The third-order valence-corrected chi connectivity index (χ3v) is 3.95. The van der Waals surface area contributed by atoms with Gasteiger partial charge in [-0.2, -0.15) is 0 Å². The summed E-state index contributed by atoms with van der Waals surface area (Å²) < 4.78 is 0. The molecule has 0 spiro atoms. The molecule has 1 rings (SSSR count). The second-order valence-corrected chi connectivity index (χ2v) is 4.99. The molecule has 4 nitrogen and oxygen atoms in total. The Balaban J connectivity index is 3.19. The van der Waals surface area contributed by atoms with Crippen LogP contribution in [-0.4, -0.2) is 22.0 Å². The van der Waals surface area contributed by atoms with E-state index in [0.29, 0.717) is 11.1 Å². The molecule has 0 aliphatic rings. The van der Waals surface area contributed by atoms with Crippen molar-refractivity contribution in [1.82, 2.24) is 0 Å². The second-order valence-electron chi connectivity index (χ2n) is 3.81. The highest BCUT2D eigenvalue weighted by atomic mass is 79.9. The standard InChI is InChI=1S/C12H12BrClO4/c1-6(15)10(13)7-2-3-9(8(4-7)5-14)11(16)12(17)18/h2-4,10-11,16H,5H2,1H3,(H,17,18). The van der Waals surface area contributed by atoms with E-state index in [0.717, 1.165) is 0 Å². The number of rotatable bonds is 5. The van der Waals surface area contributed by atoms with E-state index in [2.05, 4.69) is 15.9 Å². The van der Waals surface area contributed by atoms with Crippen LogP contribution in [0.1, 0.15) is 34.5 Å². The smallest absolute Gasteiger partial charge is 0.337 e. The Morgan fingerprint density at radius 3 is 2.50 bits per heavy atom.